The summed E-state index contributed by atoms with van der Waals surface area (Å²) in [6.45, 7) is 1.62. The number of amides is 2. The number of hydrogen-bond acceptors (Lipinski definition) is 9. The molecular formula is C37H39ClF3N7O4. The number of pyridine rings is 2. The van der Waals surface area contributed by atoms with Gasteiger partial charge < -0.3 is 19.5 Å². The number of aromatic nitrogens is 2. The average Bonchev–Trinajstić information content (AvgIpc) is 3.12. The van der Waals surface area contributed by atoms with E-state index in [1.54, 1.807) is 53.5 Å². The molecule has 4 aromatic rings. The quantitative estimate of drug-likeness (QED) is 0.250. The van der Waals surface area contributed by atoms with Crippen LogP contribution in [0.25, 0.3) is 21.9 Å². The molecule has 15 heteroatoms. The van der Waals surface area contributed by atoms with Gasteiger partial charge in [-0.25, -0.2) is 13.2 Å². The first kappa shape index (κ1) is 35.7. The molecule has 0 bridgehead atoms. The summed E-state index contributed by atoms with van der Waals surface area (Å²) in [5.74, 6) is -3.79. The smallest absolute Gasteiger partial charge is 0.275 e. The van der Waals surface area contributed by atoms with E-state index in [9.17, 15) is 14.4 Å². The number of halogens is 4. The number of alkyl halides is 2. The van der Waals surface area contributed by atoms with Crippen LogP contribution in [0.5, 0.6) is 5.75 Å². The number of benzene rings is 2. The van der Waals surface area contributed by atoms with Crippen molar-refractivity contribution in [3.05, 3.63) is 81.7 Å². The molecule has 3 aliphatic heterocycles. The van der Waals surface area contributed by atoms with Gasteiger partial charge in [0.05, 0.1) is 30.8 Å². The van der Waals surface area contributed by atoms with Crippen molar-refractivity contribution >= 4 is 45.6 Å². The van der Waals surface area contributed by atoms with E-state index in [0.29, 0.717) is 77.6 Å². The molecule has 0 saturated carbocycles. The first-order valence-corrected chi connectivity index (χ1v) is 17.6. The van der Waals surface area contributed by atoms with Gasteiger partial charge in [0.15, 0.2) is 0 Å². The summed E-state index contributed by atoms with van der Waals surface area (Å²) in [4.78, 5) is 45.6. The molecule has 5 heterocycles. The molecule has 3 fully saturated rings. The number of ether oxygens (including phenoxy) is 1. The minimum absolute atomic E-state index is 0.171. The van der Waals surface area contributed by atoms with Crippen molar-refractivity contribution in [2.75, 3.05) is 56.6 Å². The molecule has 274 valence electrons. The van der Waals surface area contributed by atoms with Gasteiger partial charge in [-0.1, -0.05) is 11.6 Å². The standard InChI is InChI=1S/C37H39ClF3N7O4/c1-45-19-26(24-7-9-42-18-25(24)36(45)51)22-15-28(38)27(32(16-22)52-2)20-46-10-8-33(37(40,41)21-46)48-13-11-47(12-14-48)31-5-3-23(17-29(31)39)43-30-4-6-34(49)44-35(30)50/h3,5,7,9,15-19,30,33,43H,4,6,8,10-14,20-21H2,1-2H3,(H,44,49,50). The molecule has 11 nitrogen and oxygen atoms in total. The number of methoxy groups -OCH3 is 1. The molecule has 7 rings (SSSR count). The normalized spacial score (nSPS) is 21.3. The second-order valence-electron chi connectivity index (χ2n) is 13.6. The third kappa shape index (κ3) is 7.06. The van der Waals surface area contributed by atoms with E-state index in [2.05, 4.69) is 15.6 Å². The zero-order valence-corrected chi connectivity index (χ0v) is 29.6. The number of carbonyl (C=O) groups is 2. The highest BCUT2D eigenvalue weighted by Gasteiger charge is 2.48. The third-order valence-electron chi connectivity index (χ3n) is 10.3. The lowest BCUT2D eigenvalue weighted by Gasteiger charge is -2.46. The van der Waals surface area contributed by atoms with Crippen LogP contribution in [0, 0.1) is 5.82 Å². The van der Waals surface area contributed by atoms with Crippen LogP contribution in [0.2, 0.25) is 5.02 Å². The molecule has 2 N–H and O–H groups in total. The number of piperazine rings is 1. The fraction of sp³-hybridized carbons (Fsp3) is 0.405. The summed E-state index contributed by atoms with van der Waals surface area (Å²) >= 11 is 6.82. The van der Waals surface area contributed by atoms with Gasteiger partial charge in [0.25, 0.3) is 11.5 Å². The first-order valence-electron chi connectivity index (χ1n) is 17.2. The van der Waals surface area contributed by atoms with Crippen molar-refractivity contribution in [1.82, 2.24) is 24.7 Å². The maximum atomic E-state index is 15.9. The Bertz CT molecular complexity index is 2090. The SMILES string of the molecule is COc1cc(-c2cn(C)c(=O)c3cnccc23)cc(Cl)c1CN1CCC(N2CCN(c3ccc(NC4CCC(=O)NC4=O)cc3F)CC2)C(F)(F)C1. The van der Waals surface area contributed by atoms with E-state index in [1.165, 1.54) is 23.9 Å². The van der Waals surface area contributed by atoms with Crippen molar-refractivity contribution in [2.24, 2.45) is 7.05 Å². The molecule has 0 radical (unpaired) electrons. The second-order valence-corrected chi connectivity index (χ2v) is 14.0. The molecule has 0 aliphatic carbocycles. The van der Waals surface area contributed by atoms with E-state index in [4.69, 9.17) is 16.3 Å². The molecule has 2 aromatic carbocycles. The number of hydrogen-bond donors (Lipinski definition) is 2. The van der Waals surface area contributed by atoms with Crippen LogP contribution < -0.4 is 25.8 Å². The third-order valence-corrected chi connectivity index (χ3v) is 10.7. The number of carbonyl (C=O) groups excluding carboxylic acids is 2. The van der Waals surface area contributed by atoms with Crippen LogP contribution in [0.3, 0.4) is 0 Å². The number of fused-ring (bicyclic) bond motifs is 1. The summed E-state index contributed by atoms with van der Waals surface area (Å²) in [6.07, 6.45) is 5.66. The van der Waals surface area contributed by atoms with Gasteiger partial charge in [-0.3, -0.25) is 34.5 Å². The molecule has 2 amide bonds. The summed E-state index contributed by atoms with van der Waals surface area (Å²) in [5.41, 5.74) is 2.71. The highest BCUT2D eigenvalue weighted by atomic mass is 35.5. The molecule has 0 spiro atoms. The van der Waals surface area contributed by atoms with E-state index in [0.717, 1.165) is 11.1 Å². The number of imide groups is 1. The van der Waals surface area contributed by atoms with Crippen LogP contribution in [0.1, 0.15) is 24.8 Å². The van der Waals surface area contributed by atoms with Crippen molar-refractivity contribution in [3.8, 4) is 16.9 Å². The number of aryl methyl sites for hydroxylation is 1. The molecule has 2 unspecified atom stereocenters. The minimum Gasteiger partial charge on any atom is -0.496 e. The predicted molar refractivity (Wildman–Crippen MR) is 193 cm³/mol. The molecule has 2 aromatic heterocycles. The Morgan fingerprint density at radius 3 is 2.54 bits per heavy atom. The molecular weight excluding hydrogens is 699 g/mol. The van der Waals surface area contributed by atoms with E-state index >= 15 is 13.2 Å². The fourth-order valence-corrected chi connectivity index (χ4v) is 7.88. The second kappa shape index (κ2) is 14.4. The lowest BCUT2D eigenvalue weighted by molar-refractivity contribution is -0.133. The maximum absolute atomic E-state index is 15.9. The van der Waals surface area contributed by atoms with Crippen molar-refractivity contribution < 1.29 is 27.5 Å². The zero-order valence-electron chi connectivity index (χ0n) is 28.8. The molecule has 52 heavy (non-hydrogen) atoms. The monoisotopic (exact) mass is 737 g/mol. The lowest BCUT2D eigenvalue weighted by atomic mass is 9.96. The number of likely N-dealkylation sites (tertiary alicyclic amines) is 1. The highest BCUT2D eigenvalue weighted by molar-refractivity contribution is 6.32. The number of nitrogens with zero attached hydrogens (tertiary/aromatic N) is 5. The fourth-order valence-electron chi connectivity index (χ4n) is 7.61. The Kier molecular flexibility index (Phi) is 9.89. The van der Waals surface area contributed by atoms with Crippen LogP contribution in [-0.4, -0.2) is 95.5 Å². The molecule has 3 aliphatic rings. The Labute approximate surface area is 303 Å². The Hall–Kier alpha value is -4.66. The number of piperidine rings is 2. The number of nitrogens with one attached hydrogen (secondary N) is 2. The Morgan fingerprint density at radius 2 is 1.83 bits per heavy atom. The summed E-state index contributed by atoms with van der Waals surface area (Å²) in [7, 11) is 3.18. The van der Waals surface area contributed by atoms with Gasteiger partial charge in [-0.15, -0.1) is 0 Å². The summed E-state index contributed by atoms with van der Waals surface area (Å²) in [5, 5.41) is 6.82. The van der Waals surface area contributed by atoms with E-state index < -0.39 is 36.3 Å². The van der Waals surface area contributed by atoms with Gasteiger partial charge >= 0.3 is 0 Å². The summed E-state index contributed by atoms with van der Waals surface area (Å²) in [6, 6.07) is 8.39. The van der Waals surface area contributed by atoms with Crippen LogP contribution in [0.4, 0.5) is 24.5 Å². The van der Waals surface area contributed by atoms with Crippen molar-refractivity contribution in [3.63, 3.8) is 0 Å². The maximum Gasteiger partial charge on any atom is 0.275 e. The Morgan fingerprint density at radius 1 is 1.04 bits per heavy atom. The molecule has 2 atom stereocenters. The van der Waals surface area contributed by atoms with Gasteiger partial charge in [0.2, 0.25) is 11.8 Å². The van der Waals surface area contributed by atoms with Gasteiger partial charge in [-0.2, -0.15) is 0 Å². The van der Waals surface area contributed by atoms with Crippen LogP contribution in [-0.2, 0) is 23.2 Å². The lowest BCUT2D eigenvalue weighted by Crippen LogP contribution is -2.61. The van der Waals surface area contributed by atoms with Crippen LogP contribution in [0.15, 0.2) is 59.8 Å². The predicted octanol–water partition coefficient (Wildman–Crippen LogP) is 4.65. The highest BCUT2D eigenvalue weighted by Crippen LogP contribution is 2.39. The average molecular weight is 738 g/mol. The van der Waals surface area contributed by atoms with Crippen molar-refractivity contribution in [2.45, 2.75) is 43.8 Å². The van der Waals surface area contributed by atoms with Crippen molar-refractivity contribution in [1.29, 1.82) is 0 Å². The zero-order chi connectivity index (χ0) is 36.7. The first-order chi connectivity index (χ1) is 24.9. The van der Waals surface area contributed by atoms with E-state index in [1.807, 2.05) is 11.0 Å². The van der Waals surface area contributed by atoms with E-state index in [-0.39, 0.29) is 30.9 Å². The number of rotatable bonds is 8. The van der Waals surface area contributed by atoms with Gasteiger partial charge in [-0.05, 0) is 60.2 Å². The Balaban J connectivity index is 0.985. The van der Waals surface area contributed by atoms with Crippen LogP contribution >= 0.6 is 11.6 Å². The topological polar surface area (TPSA) is 112 Å². The number of anilines is 2. The largest absolute Gasteiger partial charge is 0.496 e. The minimum atomic E-state index is -3.00. The molecule has 3 saturated heterocycles. The van der Waals surface area contributed by atoms with Gasteiger partial charge in [0, 0.05) is 93.2 Å². The summed E-state index contributed by atoms with van der Waals surface area (Å²) < 4.78 is 54.1. The van der Waals surface area contributed by atoms with Gasteiger partial charge in [0.1, 0.15) is 17.6 Å².